The Labute approximate surface area is 108 Å². The van der Waals surface area contributed by atoms with Crippen molar-refractivity contribution in [2.24, 2.45) is 0 Å². The summed E-state index contributed by atoms with van der Waals surface area (Å²) in [5.74, 6) is 0.245. The highest BCUT2D eigenvalue weighted by molar-refractivity contribution is 7.98. The lowest BCUT2D eigenvalue weighted by atomic mass is 10.2. The van der Waals surface area contributed by atoms with E-state index in [1.54, 1.807) is 4.52 Å². The summed E-state index contributed by atoms with van der Waals surface area (Å²) in [5, 5.41) is 5.24. The molecular weight excluding hydrogens is 248 g/mol. The Bertz CT molecular complexity index is 763. The molecule has 0 saturated carbocycles. The third kappa shape index (κ3) is 1.51. The Morgan fingerprint density at radius 2 is 1.94 bits per heavy atom. The van der Waals surface area contributed by atoms with E-state index in [0.29, 0.717) is 10.8 Å². The quantitative estimate of drug-likeness (QED) is 0.669. The van der Waals surface area contributed by atoms with E-state index in [1.807, 2.05) is 26.2 Å². The van der Waals surface area contributed by atoms with Crippen LogP contribution in [-0.4, -0.2) is 30.8 Å². The fourth-order valence-electron chi connectivity index (χ4n) is 2.00. The molecule has 0 radical (unpaired) electrons. The Kier molecular flexibility index (Phi) is 2.37. The predicted molar refractivity (Wildman–Crippen MR) is 71.8 cm³/mol. The first kappa shape index (κ1) is 11.2. The number of anilines is 1. The molecule has 0 spiro atoms. The van der Waals surface area contributed by atoms with Gasteiger partial charge < -0.3 is 5.73 Å². The average Bonchev–Trinajstić information content (AvgIpc) is 2.67. The van der Waals surface area contributed by atoms with Crippen molar-refractivity contribution >= 4 is 34.4 Å². The molecule has 0 atom stereocenters. The first-order chi connectivity index (χ1) is 8.60. The third-order valence-corrected chi connectivity index (χ3v) is 3.35. The van der Waals surface area contributed by atoms with Gasteiger partial charge in [0, 0.05) is 5.69 Å². The van der Waals surface area contributed by atoms with Gasteiger partial charge in [0.25, 0.3) is 0 Å². The second-order valence-corrected chi connectivity index (χ2v) is 4.86. The molecule has 3 rings (SSSR count). The maximum Gasteiger partial charge on any atom is 0.224 e. The topological polar surface area (TPSA) is 82.0 Å². The van der Waals surface area contributed by atoms with E-state index in [1.165, 1.54) is 11.8 Å². The number of rotatable bonds is 1. The van der Waals surface area contributed by atoms with Crippen molar-refractivity contribution in [2.75, 3.05) is 12.0 Å². The Morgan fingerprint density at radius 3 is 2.67 bits per heavy atom. The minimum atomic E-state index is 0.245. The lowest BCUT2D eigenvalue weighted by Crippen LogP contribution is -2.03. The van der Waals surface area contributed by atoms with Gasteiger partial charge in [0.15, 0.2) is 10.8 Å². The van der Waals surface area contributed by atoms with Crippen LogP contribution in [0.25, 0.3) is 16.7 Å². The molecule has 0 aliphatic heterocycles. The lowest BCUT2D eigenvalue weighted by molar-refractivity contribution is 0.786. The molecule has 0 fully saturated rings. The third-order valence-electron chi connectivity index (χ3n) is 2.72. The van der Waals surface area contributed by atoms with E-state index in [4.69, 9.17) is 5.73 Å². The van der Waals surface area contributed by atoms with Crippen LogP contribution >= 0.6 is 11.8 Å². The molecule has 0 amide bonds. The van der Waals surface area contributed by atoms with E-state index >= 15 is 0 Å². The standard InChI is InChI=1S/C11H12N6S/c1-5-4-6(2)13-8-7(5)16-17-9(8)14-10(12)15-11(17)18-3/h4H,1-3H3,(H2,12,14). The molecule has 3 aromatic rings. The van der Waals surface area contributed by atoms with E-state index < -0.39 is 0 Å². The lowest BCUT2D eigenvalue weighted by Gasteiger charge is -2.00. The zero-order valence-electron chi connectivity index (χ0n) is 10.3. The predicted octanol–water partition coefficient (Wildman–Crippen LogP) is 1.59. The molecule has 92 valence electrons. The van der Waals surface area contributed by atoms with Gasteiger partial charge in [-0.3, -0.25) is 0 Å². The molecular formula is C11H12N6S. The fraction of sp³-hybridized carbons (Fsp3) is 0.273. The number of nitrogens with zero attached hydrogens (tertiary/aromatic N) is 5. The number of thioether (sulfide) groups is 1. The monoisotopic (exact) mass is 260 g/mol. The number of hydrogen-bond donors (Lipinski definition) is 1. The van der Waals surface area contributed by atoms with Crippen LogP contribution in [0.2, 0.25) is 0 Å². The second kappa shape index (κ2) is 3.81. The SMILES string of the molecule is CSc1nc(N)nc2c3nc(C)cc(C)c3nn12. The van der Waals surface area contributed by atoms with Crippen LogP contribution in [0.3, 0.4) is 0 Å². The number of nitrogens with two attached hydrogens (primary N) is 1. The first-order valence-corrected chi connectivity index (χ1v) is 6.67. The zero-order chi connectivity index (χ0) is 12.9. The van der Waals surface area contributed by atoms with E-state index in [-0.39, 0.29) is 5.95 Å². The fourth-order valence-corrected chi connectivity index (χ4v) is 2.49. The summed E-state index contributed by atoms with van der Waals surface area (Å²) in [6, 6.07) is 2.00. The van der Waals surface area contributed by atoms with Gasteiger partial charge >= 0.3 is 0 Å². The molecule has 0 bridgehead atoms. The zero-order valence-corrected chi connectivity index (χ0v) is 11.1. The molecule has 7 heteroatoms. The van der Waals surface area contributed by atoms with Crippen molar-refractivity contribution < 1.29 is 0 Å². The highest BCUT2D eigenvalue weighted by Crippen LogP contribution is 2.23. The summed E-state index contributed by atoms with van der Waals surface area (Å²) in [4.78, 5) is 12.9. The molecule has 0 saturated heterocycles. The number of nitrogen functional groups attached to an aromatic ring is 1. The van der Waals surface area contributed by atoms with Crippen LogP contribution < -0.4 is 5.73 Å². The van der Waals surface area contributed by atoms with Crippen molar-refractivity contribution in [3.63, 3.8) is 0 Å². The van der Waals surface area contributed by atoms with Crippen molar-refractivity contribution in [3.8, 4) is 0 Å². The van der Waals surface area contributed by atoms with Crippen molar-refractivity contribution in [1.82, 2.24) is 24.6 Å². The average molecular weight is 260 g/mol. The molecule has 18 heavy (non-hydrogen) atoms. The van der Waals surface area contributed by atoms with Crippen molar-refractivity contribution in [3.05, 3.63) is 17.3 Å². The first-order valence-electron chi connectivity index (χ1n) is 5.44. The summed E-state index contributed by atoms with van der Waals surface area (Å²) in [6.45, 7) is 3.97. The number of pyridine rings is 1. The van der Waals surface area contributed by atoms with Crippen LogP contribution in [0.15, 0.2) is 11.2 Å². The second-order valence-electron chi connectivity index (χ2n) is 4.08. The normalized spacial score (nSPS) is 11.5. The van der Waals surface area contributed by atoms with Gasteiger partial charge in [-0.25, -0.2) is 4.98 Å². The maximum atomic E-state index is 5.72. The van der Waals surface area contributed by atoms with E-state index in [9.17, 15) is 0 Å². The van der Waals surface area contributed by atoms with Crippen LogP contribution in [-0.2, 0) is 0 Å². The maximum absolute atomic E-state index is 5.72. The Hall–Kier alpha value is -1.89. The van der Waals surface area contributed by atoms with Gasteiger partial charge in [0.2, 0.25) is 5.95 Å². The van der Waals surface area contributed by atoms with Crippen molar-refractivity contribution in [2.45, 2.75) is 19.0 Å². The van der Waals surface area contributed by atoms with Gasteiger partial charge in [0.1, 0.15) is 11.0 Å². The summed E-state index contributed by atoms with van der Waals surface area (Å²) < 4.78 is 1.70. The largest absolute Gasteiger partial charge is 0.368 e. The molecule has 0 aromatic carbocycles. The summed E-state index contributed by atoms with van der Waals surface area (Å²) in [7, 11) is 0. The molecule has 6 nitrogen and oxygen atoms in total. The number of aromatic nitrogens is 5. The van der Waals surface area contributed by atoms with Gasteiger partial charge in [-0.15, -0.1) is 0 Å². The van der Waals surface area contributed by atoms with Gasteiger partial charge in [0.05, 0.1) is 0 Å². The number of fused-ring (bicyclic) bond motifs is 3. The van der Waals surface area contributed by atoms with Gasteiger partial charge in [-0.05, 0) is 31.7 Å². The van der Waals surface area contributed by atoms with Crippen LogP contribution in [0.4, 0.5) is 5.95 Å². The Morgan fingerprint density at radius 1 is 1.17 bits per heavy atom. The molecule has 2 N–H and O–H groups in total. The van der Waals surface area contributed by atoms with E-state index in [0.717, 1.165) is 22.3 Å². The molecule has 0 aliphatic carbocycles. The molecule has 0 aliphatic rings. The summed E-state index contributed by atoms with van der Waals surface area (Å²) in [5.41, 5.74) is 10.0. The number of hydrogen-bond acceptors (Lipinski definition) is 6. The minimum absolute atomic E-state index is 0.245. The molecule has 3 aromatic heterocycles. The highest BCUT2D eigenvalue weighted by atomic mass is 32.2. The van der Waals surface area contributed by atoms with Crippen molar-refractivity contribution in [1.29, 1.82) is 0 Å². The highest BCUT2D eigenvalue weighted by Gasteiger charge is 2.14. The summed E-state index contributed by atoms with van der Waals surface area (Å²) in [6.07, 6.45) is 1.93. The Balaban J connectivity index is 2.55. The molecule has 3 heterocycles. The van der Waals surface area contributed by atoms with E-state index in [2.05, 4.69) is 20.1 Å². The smallest absolute Gasteiger partial charge is 0.224 e. The minimum Gasteiger partial charge on any atom is -0.368 e. The van der Waals surface area contributed by atoms with Crippen LogP contribution in [0.5, 0.6) is 0 Å². The van der Waals surface area contributed by atoms with Crippen LogP contribution in [0.1, 0.15) is 11.3 Å². The van der Waals surface area contributed by atoms with Gasteiger partial charge in [-0.2, -0.15) is 19.6 Å². The van der Waals surface area contributed by atoms with Gasteiger partial charge in [-0.1, -0.05) is 11.8 Å². The molecule has 0 unspecified atom stereocenters. The van der Waals surface area contributed by atoms with Crippen LogP contribution in [0, 0.1) is 13.8 Å². The summed E-state index contributed by atoms with van der Waals surface area (Å²) >= 11 is 1.48. The number of aryl methyl sites for hydroxylation is 2.